The molecular weight excluding hydrogens is 595 g/mol. The average Bonchev–Trinajstić information content (AvgIpc) is 2.89. The first-order valence-corrected chi connectivity index (χ1v) is 14.5. The van der Waals surface area contributed by atoms with Gasteiger partial charge in [-0.25, -0.2) is 18.4 Å². The molecule has 2 aromatic carbocycles. The number of carbonyl (C=O) groups is 1. The Hall–Kier alpha value is -3.39. The van der Waals surface area contributed by atoms with Crippen molar-refractivity contribution in [3.05, 3.63) is 51.9 Å². The number of anilines is 1. The summed E-state index contributed by atoms with van der Waals surface area (Å²) >= 11 is 1.05. The molecule has 1 aromatic heterocycles. The molecule has 0 spiro atoms. The molecule has 1 saturated heterocycles. The zero-order valence-electron chi connectivity index (χ0n) is 24.2. The minimum Gasteiger partial charge on any atom is -0.444 e. The molecule has 2 atom stereocenters. The maximum absolute atomic E-state index is 15.1. The van der Waals surface area contributed by atoms with E-state index in [1.54, 1.807) is 32.6 Å². The third kappa shape index (κ3) is 6.03. The SMILES string of the molecule is COCC1Cn2c(=O)nc(N3CCN(C(=O)OC(C)(C)C)CC3C)c3cc(C(F)(F)F)c(-c4ccc(F)cc4F)c(c32)S1. The summed E-state index contributed by atoms with van der Waals surface area (Å²) in [6.45, 7) is 7.77. The lowest BCUT2D eigenvalue weighted by Crippen LogP contribution is -2.55. The van der Waals surface area contributed by atoms with Crippen molar-refractivity contribution in [2.75, 3.05) is 38.3 Å². The number of benzene rings is 2. The summed E-state index contributed by atoms with van der Waals surface area (Å²) in [7, 11) is 1.43. The molecule has 0 saturated carbocycles. The van der Waals surface area contributed by atoms with Gasteiger partial charge in [0.15, 0.2) is 0 Å². The van der Waals surface area contributed by atoms with Gasteiger partial charge in [-0.1, -0.05) is 0 Å². The Labute approximate surface area is 248 Å². The van der Waals surface area contributed by atoms with Crippen LogP contribution in [0.4, 0.5) is 32.6 Å². The smallest absolute Gasteiger partial charge is 0.417 e. The number of halogens is 5. The highest BCUT2D eigenvalue weighted by Gasteiger charge is 2.40. The van der Waals surface area contributed by atoms with E-state index in [0.717, 1.165) is 30.0 Å². The first-order chi connectivity index (χ1) is 20.1. The topological polar surface area (TPSA) is 76.9 Å². The van der Waals surface area contributed by atoms with Crippen molar-refractivity contribution in [1.82, 2.24) is 14.5 Å². The van der Waals surface area contributed by atoms with Gasteiger partial charge >= 0.3 is 18.0 Å². The number of ether oxygens (including phenoxy) is 2. The molecular formula is C29H31F5N4O4S. The summed E-state index contributed by atoms with van der Waals surface area (Å²) in [5, 5.41) is -0.415. The van der Waals surface area contributed by atoms with Crippen LogP contribution in [0.25, 0.3) is 22.0 Å². The van der Waals surface area contributed by atoms with E-state index in [4.69, 9.17) is 9.47 Å². The third-order valence-electron chi connectivity index (χ3n) is 7.28. The Bertz CT molecular complexity index is 1640. The normalized spacial score (nSPS) is 19.2. The molecule has 43 heavy (non-hydrogen) atoms. The molecule has 0 radical (unpaired) electrons. The highest BCUT2D eigenvalue weighted by Crippen LogP contribution is 2.50. The summed E-state index contributed by atoms with van der Waals surface area (Å²) < 4.78 is 85.2. The molecule has 2 aliphatic rings. The van der Waals surface area contributed by atoms with E-state index in [1.165, 1.54) is 16.6 Å². The lowest BCUT2D eigenvalue weighted by Gasteiger charge is -2.41. The largest absolute Gasteiger partial charge is 0.444 e. The number of methoxy groups -OCH3 is 1. The van der Waals surface area contributed by atoms with Crippen LogP contribution >= 0.6 is 11.8 Å². The fourth-order valence-corrected chi connectivity index (χ4v) is 6.95. The average molecular weight is 627 g/mol. The van der Waals surface area contributed by atoms with Crippen LogP contribution < -0.4 is 10.6 Å². The molecule has 0 bridgehead atoms. The van der Waals surface area contributed by atoms with Crippen molar-refractivity contribution < 1.29 is 36.2 Å². The lowest BCUT2D eigenvalue weighted by atomic mass is 9.95. The zero-order chi connectivity index (χ0) is 31.4. The van der Waals surface area contributed by atoms with Crippen molar-refractivity contribution in [1.29, 1.82) is 0 Å². The van der Waals surface area contributed by atoms with Crippen molar-refractivity contribution >= 4 is 34.6 Å². The predicted octanol–water partition coefficient (Wildman–Crippen LogP) is 5.93. The van der Waals surface area contributed by atoms with E-state index in [-0.39, 0.29) is 54.4 Å². The molecule has 2 aliphatic heterocycles. The maximum atomic E-state index is 15.1. The fourth-order valence-electron chi connectivity index (χ4n) is 5.52. The summed E-state index contributed by atoms with van der Waals surface area (Å²) in [4.78, 5) is 33.7. The van der Waals surface area contributed by atoms with Gasteiger partial charge in [-0.3, -0.25) is 4.57 Å². The van der Waals surface area contributed by atoms with Gasteiger partial charge in [0.05, 0.1) is 22.9 Å². The number of hydrogen-bond donors (Lipinski definition) is 0. The fraction of sp³-hybridized carbons (Fsp3) is 0.483. The number of amides is 1. The van der Waals surface area contributed by atoms with Crippen LogP contribution in [-0.4, -0.2) is 70.8 Å². The Balaban J connectivity index is 1.72. The van der Waals surface area contributed by atoms with Gasteiger partial charge in [0, 0.05) is 66.8 Å². The molecule has 232 valence electrons. The van der Waals surface area contributed by atoms with Crippen LogP contribution in [0.1, 0.15) is 33.3 Å². The van der Waals surface area contributed by atoms with Gasteiger partial charge in [-0.15, -0.1) is 11.8 Å². The van der Waals surface area contributed by atoms with Crippen LogP contribution in [0.3, 0.4) is 0 Å². The minimum atomic E-state index is -4.94. The summed E-state index contributed by atoms with van der Waals surface area (Å²) in [5.74, 6) is -2.06. The molecule has 3 aromatic rings. The van der Waals surface area contributed by atoms with Gasteiger partial charge in [0.1, 0.15) is 23.1 Å². The van der Waals surface area contributed by atoms with Crippen molar-refractivity contribution in [2.45, 2.75) is 62.2 Å². The van der Waals surface area contributed by atoms with E-state index in [1.807, 2.05) is 0 Å². The van der Waals surface area contributed by atoms with Gasteiger partial charge in [0.2, 0.25) is 0 Å². The number of hydrogen-bond acceptors (Lipinski definition) is 7. The van der Waals surface area contributed by atoms with Crippen LogP contribution in [0.15, 0.2) is 34.0 Å². The number of nitrogens with zero attached hydrogens (tertiary/aromatic N) is 4. The molecule has 1 amide bonds. The number of rotatable bonds is 4. The second-order valence-corrected chi connectivity index (χ2v) is 12.9. The van der Waals surface area contributed by atoms with Gasteiger partial charge in [-0.05, 0) is 45.9 Å². The number of carbonyl (C=O) groups excluding carboxylic acids is 1. The van der Waals surface area contributed by atoms with Crippen LogP contribution in [0, 0.1) is 11.6 Å². The molecule has 5 rings (SSSR count). The Morgan fingerprint density at radius 1 is 1.12 bits per heavy atom. The van der Waals surface area contributed by atoms with E-state index in [0.29, 0.717) is 6.07 Å². The monoisotopic (exact) mass is 626 g/mol. The van der Waals surface area contributed by atoms with Crippen molar-refractivity contribution in [2.24, 2.45) is 0 Å². The van der Waals surface area contributed by atoms with Crippen molar-refractivity contribution in [3.63, 3.8) is 0 Å². The Kier molecular flexibility index (Phi) is 8.14. The molecule has 8 nitrogen and oxygen atoms in total. The Morgan fingerprint density at radius 3 is 2.44 bits per heavy atom. The minimum absolute atomic E-state index is 0.0319. The van der Waals surface area contributed by atoms with E-state index < -0.39 is 63.2 Å². The molecule has 0 N–H and O–H groups in total. The quantitative estimate of drug-likeness (QED) is 0.333. The first kappa shape index (κ1) is 31.0. The molecule has 1 fully saturated rings. The Morgan fingerprint density at radius 2 is 1.84 bits per heavy atom. The highest BCUT2D eigenvalue weighted by atomic mass is 32.2. The van der Waals surface area contributed by atoms with Gasteiger partial charge in [0.25, 0.3) is 0 Å². The number of aromatic nitrogens is 2. The van der Waals surface area contributed by atoms with Gasteiger partial charge in [-0.2, -0.15) is 18.2 Å². The van der Waals surface area contributed by atoms with Crippen LogP contribution in [0.2, 0.25) is 0 Å². The van der Waals surface area contributed by atoms with E-state index in [2.05, 4.69) is 4.98 Å². The van der Waals surface area contributed by atoms with Gasteiger partial charge < -0.3 is 19.3 Å². The molecule has 0 aliphatic carbocycles. The third-order valence-corrected chi connectivity index (χ3v) is 8.53. The summed E-state index contributed by atoms with van der Waals surface area (Å²) in [6.07, 6.45) is -5.45. The first-order valence-electron chi connectivity index (χ1n) is 13.6. The summed E-state index contributed by atoms with van der Waals surface area (Å²) in [5.41, 5.74) is -3.26. The molecule has 3 heterocycles. The predicted molar refractivity (Wildman–Crippen MR) is 152 cm³/mol. The zero-order valence-corrected chi connectivity index (χ0v) is 25.0. The highest BCUT2D eigenvalue weighted by molar-refractivity contribution is 8.00. The maximum Gasteiger partial charge on any atom is 0.417 e. The number of thioether (sulfide) groups is 1. The second-order valence-electron chi connectivity index (χ2n) is 11.6. The standard InChI is InChI=1S/C29H31F5N4O4S/c1-15-12-36(27(40)42-28(2,3)4)8-9-37(15)25-19-11-20(29(32,33)34)22(18-7-6-16(30)10-21(18)31)24-23(19)38(26(39)35-25)13-17(43-24)14-41-5/h6-7,10-11,15,17H,8-9,12-14H2,1-5H3. The van der Waals surface area contributed by atoms with Crippen LogP contribution in [0.5, 0.6) is 0 Å². The number of piperazine rings is 1. The van der Waals surface area contributed by atoms with Crippen molar-refractivity contribution in [3.8, 4) is 11.1 Å². The number of alkyl halides is 3. The van der Waals surface area contributed by atoms with E-state index >= 15 is 4.39 Å². The van der Waals surface area contributed by atoms with Crippen LogP contribution in [-0.2, 0) is 22.2 Å². The summed E-state index contributed by atoms with van der Waals surface area (Å²) in [6, 6.07) is 2.85. The molecule has 14 heteroatoms. The van der Waals surface area contributed by atoms with E-state index in [9.17, 15) is 27.2 Å². The second kappa shape index (κ2) is 11.3. The molecule has 2 unspecified atom stereocenters. The lowest BCUT2D eigenvalue weighted by molar-refractivity contribution is -0.137.